The molecular formula is C13H16ClFN2O2. The van der Waals surface area contributed by atoms with Gasteiger partial charge in [0, 0.05) is 19.3 Å². The third-order valence-corrected chi connectivity index (χ3v) is 3.45. The van der Waals surface area contributed by atoms with Gasteiger partial charge in [0.15, 0.2) is 0 Å². The number of hydrogen-bond acceptors (Lipinski definition) is 2. The number of nitrogens with zero attached hydrogens (tertiary/aromatic N) is 1. The molecule has 1 aliphatic rings. The quantitative estimate of drug-likeness (QED) is 0.894. The van der Waals surface area contributed by atoms with Crippen LogP contribution in [0.5, 0.6) is 0 Å². The van der Waals surface area contributed by atoms with Crippen molar-refractivity contribution in [3.63, 3.8) is 0 Å². The first-order valence-electron chi connectivity index (χ1n) is 6.12. The molecule has 1 saturated carbocycles. The maximum Gasteiger partial charge on any atom is 0.321 e. The molecule has 1 aliphatic carbocycles. The molecular weight excluding hydrogens is 271 g/mol. The van der Waals surface area contributed by atoms with Crippen LogP contribution in [-0.4, -0.2) is 35.7 Å². The minimum atomic E-state index is -0.583. The largest absolute Gasteiger partial charge is 0.391 e. The van der Waals surface area contributed by atoms with Gasteiger partial charge in [0.05, 0.1) is 11.1 Å². The van der Waals surface area contributed by atoms with Gasteiger partial charge in [-0.2, -0.15) is 0 Å². The smallest absolute Gasteiger partial charge is 0.321 e. The van der Waals surface area contributed by atoms with E-state index >= 15 is 0 Å². The lowest BCUT2D eigenvalue weighted by molar-refractivity contribution is 0.117. The number of halogens is 2. The monoisotopic (exact) mass is 286 g/mol. The summed E-state index contributed by atoms with van der Waals surface area (Å²) in [5.41, 5.74) is 0.333. The number of aliphatic hydroxyl groups excluding tert-OH is 1. The van der Waals surface area contributed by atoms with Crippen LogP contribution in [0, 0.1) is 11.7 Å². The maximum absolute atomic E-state index is 13.2. The summed E-state index contributed by atoms with van der Waals surface area (Å²) in [4.78, 5) is 13.2. The lowest BCUT2D eigenvalue weighted by Gasteiger charge is -2.21. The molecule has 19 heavy (non-hydrogen) atoms. The fraction of sp³-hybridized carbons (Fsp3) is 0.462. The van der Waals surface area contributed by atoms with Gasteiger partial charge < -0.3 is 15.3 Å². The Kier molecular flexibility index (Phi) is 4.27. The molecule has 0 saturated heterocycles. The Morgan fingerprint density at radius 3 is 2.89 bits per heavy atom. The summed E-state index contributed by atoms with van der Waals surface area (Å²) in [5.74, 6) is -0.275. The number of hydrogen-bond donors (Lipinski definition) is 2. The second-order valence-corrected chi connectivity index (χ2v) is 5.25. The first-order chi connectivity index (χ1) is 8.97. The maximum atomic E-state index is 13.2. The molecule has 104 valence electrons. The van der Waals surface area contributed by atoms with Gasteiger partial charge in [-0.25, -0.2) is 9.18 Å². The van der Waals surface area contributed by atoms with E-state index in [2.05, 4.69) is 5.32 Å². The van der Waals surface area contributed by atoms with E-state index < -0.39 is 11.9 Å². The first-order valence-corrected chi connectivity index (χ1v) is 6.50. The molecule has 6 heteroatoms. The van der Waals surface area contributed by atoms with Crippen LogP contribution in [0.25, 0.3) is 0 Å². The van der Waals surface area contributed by atoms with Gasteiger partial charge in [0.25, 0.3) is 0 Å². The van der Waals surface area contributed by atoms with Gasteiger partial charge in [-0.15, -0.1) is 0 Å². The van der Waals surface area contributed by atoms with Gasteiger partial charge in [0.1, 0.15) is 5.82 Å². The average Bonchev–Trinajstić information content (AvgIpc) is 3.17. The van der Waals surface area contributed by atoms with Gasteiger partial charge in [0.2, 0.25) is 0 Å². The topological polar surface area (TPSA) is 52.6 Å². The lowest BCUT2D eigenvalue weighted by atomic mass is 10.2. The SMILES string of the molecule is CN(CC(O)C1CC1)C(=O)Nc1ccc(Cl)c(F)c1. The number of benzene rings is 1. The Balaban J connectivity index is 1.90. The zero-order valence-corrected chi connectivity index (χ0v) is 11.3. The van der Waals surface area contributed by atoms with Crippen LogP contribution in [0.2, 0.25) is 5.02 Å². The number of carbonyl (C=O) groups is 1. The minimum absolute atomic E-state index is 0.00973. The Morgan fingerprint density at radius 2 is 2.32 bits per heavy atom. The van der Waals surface area contributed by atoms with Crippen molar-refractivity contribution >= 4 is 23.3 Å². The van der Waals surface area contributed by atoms with Crippen LogP contribution in [0.15, 0.2) is 18.2 Å². The van der Waals surface area contributed by atoms with Gasteiger partial charge >= 0.3 is 6.03 Å². The standard InChI is InChI=1S/C13H16ClFN2O2/c1-17(7-12(18)8-2-3-8)13(19)16-9-4-5-10(14)11(15)6-9/h4-6,8,12,18H,2-3,7H2,1H3,(H,16,19). The predicted octanol–water partition coefficient (Wildman–Crippen LogP) is 2.71. The fourth-order valence-corrected chi connectivity index (χ4v) is 1.90. The summed E-state index contributed by atoms with van der Waals surface area (Å²) in [6, 6.07) is 3.67. The highest BCUT2D eigenvalue weighted by Gasteiger charge is 2.31. The molecule has 1 aromatic rings. The van der Waals surface area contributed by atoms with Crippen molar-refractivity contribution in [1.29, 1.82) is 0 Å². The Hall–Kier alpha value is -1.33. The minimum Gasteiger partial charge on any atom is -0.391 e. The Labute approximate surface area is 116 Å². The van der Waals surface area contributed by atoms with Crippen molar-refractivity contribution in [2.45, 2.75) is 18.9 Å². The van der Waals surface area contributed by atoms with Crippen LogP contribution in [0.1, 0.15) is 12.8 Å². The van der Waals surface area contributed by atoms with E-state index in [1.165, 1.54) is 17.0 Å². The molecule has 0 aliphatic heterocycles. The highest BCUT2D eigenvalue weighted by atomic mass is 35.5. The fourth-order valence-electron chi connectivity index (χ4n) is 1.79. The molecule has 0 bridgehead atoms. The molecule has 0 aromatic heterocycles. The third kappa shape index (κ3) is 3.81. The number of amides is 2. The molecule has 1 atom stereocenters. The molecule has 1 unspecified atom stereocenters. The number of rotatable bonds is 4. The van der Waals surface area contributed by atoms with Crippen LogP contribution in [0.4, 0.5) is 14.9 Å². The number of anilines is 1. The normalized spacial score (nSPS) is 16.0. The summed E-state index contributed by atoms with van der Waals surface area (Å²) < 4.78 is 13.2. The van der Waals surface area contributed by atoms with Crippen molar-refractivity contribution in [1.82, 2.24) is 4.90 Å². The van der Waals surface area contributed by atoms with Crippen molar-refractivity contribution in [2.75, 3.05) is 18.9 Å². The second-order valence-electron chi connectivity index (χ2n) is 4.84. The van der Waals surface area contributed by atoms with Crippen molar-refractivity contribution in [2.24, 2.45) is 5.92 Å². The summed E-state index contributed by atoms with van der Waals surface area (Å²) in [7, 11) is 1.59. The highest BCUT2D eigenvalue weighted by molar-refractivity contribution is 6.30. The molecule has 2 amide bonds. The summed E-state index contributed by atoms with van der Waals surface area (Å²) in [6.45, 7) is 0.270. The van der Waals surface area contributed by atoms with E-state index in [1.54, 1.807) is 7.05 Å². The van der Waals surface area contributed by atoms with E-state index in [1.807, 2.05) is 0 Å². The summed E-state index contributed by atoms with van der Waals surface area (Å²) in [5, 5.41) is 12.3. The van der Waals surface area contributed by atoms with Crippen molar-refractivity contribution < 1.29 is 14.3 Å². The van der Waals surface area contributed by atoms with E-state index in [0.717, 1.165) is 18.9 Å². The van der Waals surface area contributed by atoms with E-state index in [4.69, 9.17) is 11.6 Å². The molecule has 1 aromatic carbocycles. The third-order valence-electron chi connectivity index (χ3n) is 3.14. The predicted molar refractivity (Wildman–Crippen MR) is 71.8 cm³/mol. The summed E-state index contributed by atoms with van der Waals surface area (Å²) >= 11 is 5.56. The zero-order chi connectivity index (χ0) is 14.0. The first kappa shape index (κ1) is 14.1. The van der Waals surface area contributed by atoms with E-state index in [0.29, 0.717) is 11.6 Å². The molecule has 2 N–H and O–H groups in total. The molecule has 0 spiro atoms. The molecule has 0 radical (unpaired) electrons. The zero-order valence-electron chi connectivity index (χ0n) is 10.6. The molecule has 4 nitrogen and oxygen atoms in total. The average molecular weight is 287 g/mol. The highest BCUT2D eigenvalue weighted by Crippen LogP contribution is 2.32. The number of aliphatic hydroxyl groups is 1. The number of likely N-dealkylation sites (N-methyl/N-ethyl adjacent to an activating group) is 1. The Bertz CT molecular complexity index is 480. The van der Waals surface area contributed by atoms with E-state index in [9.17, 15) is 14.3 Å². The number of urea groups is 1. The molecule has 1 fully saturated rings. The van der Waals surface area contributed by atoms with Crippen LogP contribution < -0.4 is 5.32 Å². The van der Waals surface area contributed by atoms with Crippen molar-refractivity contribution in [3.05, 3.63) is 29.0 Å². The van der Waals surface area contributed by atoms with Crippen LogP contribution in [0.3, 0.4) is 0 Å². The van der Waals surface area contributed by atoms with Crippen LogP contribution >= 0.6 is 11.6 Å². The summed E-state index contributed by atoms with van der Waals surface area (Å²) in [6.07, 6.45) is 1.54. The molecule has 2 rings (SSSR count). The van der Waals surface area contributed by atoms with Gasteiger partial charge in [-0.05, 0) is 37.0 Å². The van der Waals surface area contributed by atoms with E-state index in [-0.39, 0.29) is 17.6 Å². The lowest BCUT2D eigenvalue weighted by Crippen LogP contribution is -2.38. The second kappa shape index (κ2) is 5.75. The van der Waals surface area contributed by atoms with Gasteiger partial charge in [-0.1, -0.05) is 11.6 Å². The van der Waals surface area contributed by atoms with Crippen molar-refractivity contribution in [3.8, 4) is 0 Å². The molecule has 0 heterocycles. The number of nitrogens with one attached hydrogen (secondary N) is 1. The Morgan fingerprint density at radius 1 is 1.63 bits per heavy atom. The number of carbonyl (C=O) groups excluding carboxylic acids is 1. The van der Waals surface area contributed by atoms with Crippen LogP contribution in [-0.2, 0) is 0 Å². The van der Waals surface area contributed by atoms with Gasteiger partial charge in [-0.3, -0.25) is 0 Å².